The van der Waals surface area contributed by atoms with E-state index >= 15 is 0 Å². The molecule has 0 N–H and O–H groups in total. The maximum absolute atomic E-state index is 13.8. The van der Waals surface area contributed by atoms with Gasteiger partial charge in [-0.3, -0.25) is 4.79 Å². The number of ether oxygens (including phenoxy) is 1. The Bertz CT molecular complexity index is 582. The molecule has 1 aromatic carbocycles. The van der Waals surface area contributed by atoms with Crippen LogP contribution in [0.1, 0.15) is 25.7 Å². The third-order valence-electron chi connectivity index (χ3n) is 2.81. The summed E-state index contributed by atoms with van der Waals surface area (Å²) in [6.07, 6.45) is 0. The molecule has 0 radical (unpaired) electrons. The van der Waals surface area contributed by atoms with E-state index in [0.29, 0.717) is 10.6 Å². The number of methoxy groups -OCH3 is 1. The number of hydrogen-bond donors (Lipinski definition) is 0. The molecule has 0 aliphatic heterocycles. The summed E-state index contributed by atoms with van der Waals surface area (Å²) >= 11 is 1.39. The number of rotatable bonds is 3. The zero-order chi connectivity index (χ0) is 13.3. The van der Waals surface area contributed by atoms with Crippen LogP contribution in [0.2, 0.25) is 0 Å². The van der Waals surface area contributed by atoms with Gasteiger partial charge in [-0.2, -0.15) is 0 Å². The molecule has 2 aromatic rings. The summed E-state index contributed by atoms with van der Waals surface area (Å²) in [7, 11) is 1.46. The molecule has 4 heteroatoms. The first-order chi connectivity index (χ1) is 8.52. The van der Waals surface area contributed by atoms with Gasteiger partial charge in [-0.1, -0.05) is 0 Å². The van der Waals surface area contributed by atoms with Gasteiger partial charge in [0, 0.05) is 10.9 Å². The molecule has 0 atom stereocenters. The smallest absolute Gasteiger partial charge is 0.205 e. The highest BCUT2D eigenvalue weighted by Crippen LogP contribution is 2.25. The molecule has 0 aliphatic rings. The van der Waals surface area contributed by atoms with Crippen molar-refractivity contribution >= 4 is 17.1 Å². The van der Waals surface area contributed by atoms with Crippen LogP contribution < -0.4 is 4.74 Å². The van der Waals surface area contributed by atoms with Crippen LogP contribution in [0.15, 0.2) is 24.3 Å². The number of ketones is 1. The highest BCUT2D eigenvalue weighted by atomic mass is 32.1. The van der Waals surface area contributed by atoms with E-state index < -0.39 is 5.82 Å². The molecule has 0 unspecified atom stereocenters. The normalized spacial score (nSPS) is 10.4. The van der Waals surface area contributed by atoms with Crippen LogP contribution in [0, 0.1) is 19.7 Å². The molecule has 1 aromatic heterocycles. The number of thiophene rings is 1. The largest absolute Gasteiger partial charge is 0.497 e. The topological polar surface area (TPSA) is 26.3 Å². The Kier molecular flexibility index (Phi) is 3.48. The molecule has 1 heterocycles. The molecule has 0 saturated heterocycles. The quantitative estimate of drug-likeness (QED) is 0.789. The number of aryl methyl sites for hydroxylation is 2. The summed E-state index contributed by atoms with van der Waals surface area (Å²) in [6, 6.07) is 6.07. The van der Waals surface area contributed by atoms with Crippen LogP contribution in [0.5, 0.6) is 5.75 Å². The van der Waals surface area contributed by atoms with E-state index in [9.17, 15) is 9.18 Å². The predicted octanol–water partition coefficient (Wildman–Crippen LogP) is 3.74. The van der Waals surface area contributed by atoms with Crippen molar-refractivity contribution in [3.8, 4) is 5.75 Å². The summed E-state index contributed by atoms with van der Waals surface area (Å²) in [5.74, 6) is -0.429. The van der Waals surface area contributed by atoms with Crippen LogP contribution in [0.3, 0.4) is 0 Å². The Hall–Kier alpha value is -1.68. The van der Waals surface area contributed by atoms with Gasteiger partial charge in [-0.05, 0) is 37.6 Å². The second-order valence-electron chi connectivity index (χ2n) is 4.02. The summed E-state index contributed by atoms with van der Waals surface area (Å²) in [5.41, 5.74) is 1.13. The highest BCUT2D eigenvalue weighted by Gasteiger charge is 2.17. The first kappa shape index (κ1) is 12.8. The molecule has 0 aliphatic carbocycles. The molecule has 2 nitrogen and oxygen atoms in total. The van der Waals surface area contributed by atoms with E-state index in [1.807, 2.05) is 13.8 Å². The summed E-state index contributed by atoms with van der Waals surface area (Å²) < 4.78 is 18.7. The molecule has 2 rings (SSSR count). The molecule has 18 heavy (non-hydrogen) atoms. The number of hydrogen-bond acceptors (Lipinski definition) is 3. The van der Waals surface area contributed by atoms with E-state index in [1.165, 1.54) is 30.6 Å². The van der Waals surface area contributed by atoms with Gasteiger partial charge in [-0.25, -0.2) is 4.39 Å². The maximum atomic E-state index is 13.8. The van der Waals surface area contributed by atoms with Crippen LogP contribution in [-0.4, -0.2) is 12.9 Å². The van der Waals surface area contributed by atoms with E-state index in [2.05, 4.69) is 0 Å². The maximum Gasteiger partial charge on any atom is 0.205 e. The molecule has 0 amide bonds. The van der Waals surface area contributed by atoms with E-state index in [-0.39, 0.29) is 11.3 Å². The van der Waals surface area contributed by atoms with E-state index in [1.54, 1.807) is 12.1 Å². The molecule has 0 bridgehead atoms. The van der Waals surface area contributed by atoms with Crippen molar-refractivity contribution in [1.29, 1.82) is 0 Å². The van der Waals surface area contributed by atoms with Gasteiger partial charge in [0.2, 0.25) is 5.78 Å². The molecule has 0 spiro atoms. The number of carbonyl (C=O) groups excluding carboxylic acids is 1. The van der Waals surface area contributed by atoms with Crippen molar-refractivity contribution in [3.05, 3.63) is 51.0 Å². The highest BCUT2D eigenvalue weighted by molar-refractivity contribution is 7.14. The fourth-order valence-corrected chi connectivity index (χ4v) is 2.61. The standard InChI is InChI=1S/C14H13FO2S/c1-8-6-13(18-9(8)2)14(16)11-5-4-10(17-3)7-12(11)15/h4-7H,1-3H3. The van der Waals surface area contributed by atoms with Gasteiger partial charge in [0.05, 0.1) is 17.6 Å². The fraction of sp³-hybridized carbons (Fsp3) is 0.214. The average molecular weight is 264 g/mol. The third kappa shape index (κ3) is 2.29. The number of benzene rings is 1. The number of halogens is 1. The Labute approximate surface area is 109 Å². The van der Waals surface area contributed by atoms with E-state index in [0.717, 1.165) is 10.4 Å². The minimum atomic E-state index is -0.553. The Morgan fingerprint density at radius 1 is 1.28 bits per heavy atom. The monoisotopic (exact) mass is 264 g/mol. The van der Waals surface area contributed by atoms with Gasteiger partial charge in [0.1, 0.15) is 11.6 Å². The molecule has 0 fully saturated rings. The van der Waals surface area contributed by atoms with E-state index in [4.69, 9.17) is 4.74 Å². The van der Waals surface area contributed by atoms with Crippen LogP contribution in [0.4, 0.5) is 4.39 Å². The lowest BCUT2D eigenvalue weighted by molar-refractivity contribution is 0.103. The lowest BCUT2D eigenvalue weighted by atomic mass is 10.1. The number of carbonyl (C=O) groups is 1. The van der Waals surface area contributed by atoms with Crippen molar-refractivity contribution in [1.82, 2.24) is 0 Å². The summed E-state index contributed by atoms with van der Waals surface area (Å²) in [6.45, 7) is 3.88. The predicted molar refractivity (Wildman–Crippen MR) is 70.2 cm³/mol. The van der Waals surface area contributed by atoms with Gasteiger partial charge >= 0.3 is 0 Å². The van der Waals surface area contributed by atoms with Crippen molar-refractivity contribution in [2.24, 2.45) is 0 Å². The lowest BCUT2D eigenvalue weighted by Gasteiger charge is -2.03. The summed E-state index contributed by atoms with van der Waals surface area (Å²) in [4.78, 5) is 13.8. The zero-order valence-electron chi connectivity index (χ0n) is 10.4. The second kappa shape index (κ2) is 4.90. The van der Waals surface area contributed by atoms with Crippen LogP contribution in [-0.2, 0) is 0 Å². The molecule has 0 saturated carbocycles. The zero-order valence-corrected chi connectivity index (χ0v) is 11.2. The van der Waals surface area contributed by atoms with Crippen molar-refractivity contribution in [2.75, 3.05) is 7.11 Å². The lowest BCUT2D eigenvalue weighted by Crippen LogP contribution is -2.02. The SMILES string of the molecule is COc1ccc(C(=O)c2cc(C)c(C)s2)c(F)c1. The minimum Gasteiger partial charge on any atom is -0.497 e. The first-order valence-electron chi connectivity index (χ1n) is 5.48. The van der Waals surface area contributed by atoms with Gasteiger partial charge in [0.25, 0.3) is 0 Å². The summed E-state index contributed by atoms with van der Waals surface area (Å²) in [5, 5.41) is 0. The minimum absolute atomic E-state index is 0.0806. The fourth-order valence-electron chi connectivity index (χ4n) is 1.62. The third-order valence-corrected chi connectivity index (χ3v) is 3.96. The Morgan fingerprint density at radius 2 is 2.00 bits per heavy atom. The Morgan fingerprint density at radius 3 is 2.50 bits per heavy atom. The Balaban J connectivity index is 2.40. The van der Waals surface area contributed by atoms with Crippen LogP contribution >= 0.6 is 11.3 Å². The molecule has 94 valence electrons. The van der Waals surface area contributed by atoms with Crippen molar-refractivity contribution in [3.63, 3.8) is 0 Å². The van der Waals surface area contributed by atoms with Crippen molar-refractivity contribution < 1.29 is 13.9 Å². The molecular formula is C14H13FO2S. The van der Waals surface area contributed by atoms with Gasteiger partial charge in [0.15, 0.2) is 0 Å². The average Bonchev–Trinajstić information content (AvgIpc) is 2.68. The molecular weight excluding hydrogens is 251 g/mol. The van der Waals surface area contributed by atoms with Crippen LogP contribution in [0.25, 0.3) is 0 Å². The van der Waals surface area contributed by atoms with Gasteiger partial charge < -0.3 is 4.74 Å². The second-order valence-corrected chi connectivity index (χ2v) is 5.28. The van der Waals surface area contributed by atoms with Gasteiger partial charge in [-0.15, -0.1) is 11.3 Å². The van der Waals surface area contributed by atoms with Crippen molar-refractivity contribution in [2.45, 2.75) is 13.8 Å². The first-order valence-corrected chi connectivity index (χ1v) is 6.30.